The van der Waals surface area contributed by atoms with Crippen LogP contribution >= 0.6 is 20.2 Å². The number of fused-ring (bicyclic) bond motifs is 3. The molecule has 0 aliphatic carbocycles. The van der Waals surface area contributed by atoms with E-state index in [0.29, 0.717) is 0 Å². The predicted molar refractivity (Wildman–Crippen MR) is 79.2 cm³/mol. The van der Waals surface area contributed by atoms with Gasteiger partial charge < -0.3 is 0 Å². The molecule has 18 heavy (non-hydrogen) atoms. The Bertz CT molecular complexity index is 664. The number of hydrogen-bond donors (Lipinski definition) is 0. The van der Waals surface area contributed by atoms with Gasteiger partial charge in [-0.25, -0.2) is 0 Å². The Balaban J connectivity index is 2.21. The maximum atomic E-state index is 11.4. The first kappa shape index (κ1) is 12.1. The molecule has 0 amide bonds. The van der Waals surface area contributed by atoms with E-state index in [1.807, 2.05) is 48.5 Å². The monoisotopic (exact) mass is 374 g/mol. The van der Waals surface area contributed by atoms with Crippen molar-refractivity contribution in [3.63, 3.8) is 0 Å². The third kappa shape index (κ3) is 2.06. The zero-order valence-corrected chi connectivity index (χ0v) is 12.6. The molecule has 0 radical (unpaired) electrons. The van der Waals surface area contributed by atoms with Crippen molar-refractivity contribution < 1.29 is 10.9 Å². The summed E-state index contributed by atoms with van der Waals surface area (Å²) >= 11 is -2.29. The van der Waals surface area contributed by atoms with Gasteiger partial charge >= 0.3 is 114 Å². The summed E-state index contributed by atoms with van der Waals surface area (Å²) in [4.78, 5) is 0. The van der Waals surface area contributed by atoms with Gasteiger partial charge in [-0.2, -0.15) is 0 Å². The van der Waals surface area contributed by atoms with Gasteiger partial charge in [-0.1, -0.05) is 0 Å². The molecule has 0 aromatic heterocycles. The summed E-state index contributed by atoms with van der Waals surface area (Å²) < 4.78 is 30.4. The normalized spacial score (nSPS) is 15.3. The fraction of sp³-hybridized carbons (Fsp3) is 0.0769. The van der Waals surface area contributed by atoms with Crippen LogP contribution in [0.25, 0.3) is 11.1 Å². The first-order chi connectivity index (χ1) is 8.56. The van der Waals surface area contributed by atoms with Gasteiger partial charge in [0.25, 0.3) is 0 Å². The molecular formula is C13H11IO3S. The summed E-state index contributed by atoms with van der Waals surface area (Å²) in [7, 11) is -3.42. The van der Waals surface area contributed by atoms with E-state index < -0.39 is 30.4 Å². The van der Waals surface area contributed by atoms with E-state index in [1.165, 1.54) is 0 Å². The Morgan fingerprint density at radius 1 is 0.889 bits per heavy atom. The fourth-order valence-corrected chi connectivity index (χ4v) is 9.13. The summed E-state index contributed by atoms with van der Waals surface area (Å²) in [5.41, 5.74) is 2.23. The van der Waals surface area contributed by atoms with Gasteiger partial charge in [0.05, 0.1) is 0 Å². The quantitative estimate of drug-likeness (QED) is 0.759. The standard InChI is InChI=1S/C13H11IO3S/c1-18(15,16)17-14-12-8-4-2-6-10(12)11-7-3-5-9-13(11)14/h2-9H,1H3. The van der Waals surface area contributed by atoms with Crippen LogP contribution in [0, 0.1) is 7.14 Å². The van der Waals surface area contributed by atoms with Crippen LogP contribution in [-0.2, 0) is 12.6 Å². The number of halogens is 1. The maximum absolute atomic E-state index is 11.4. The van der Waals surface area contributed by atoms with Crippen molar-refractivity contribution in [1.82, 2.24) is 0 Å². The molecule has 3 nitrogen and oxygen atoms in total. The molecule has 0 atom stereocenters. The Kier molecular flexibility index (Phi) is 2.91. The number of hydrogen-bond acceptors (Lipinski definition) is 3. The van der Waals surface area contributed by atoms with Crippen LogP contribution in [0.2, 0.25) is 0 Å². The molecule has 0 saturated carbocycles. The van der Waals surface area contributed by atoms with E-state index in [0.717, 1.165) is 24.5 Å². The first-order valence-corrected chi connectivity index (χ1v) is 10.2. The third-order valence-corrected chi connectivity index (χ3v) is 9.97. The van der Waals surface area contributed by atoms with Crippen LogP contribution in [-0.4, -0.2) is 14.7 Å². The van der Waals surface area contributed by atoms with Crippen molar-refractivity contribution in [3.05, 3.63) is 55.7 Å². The minimum absolute atomic E-state index is 1.06. The van der Waals surface area contributed by atoms with Gasteiger partial charge in [0.15, 0.2) is 0 Å². The average Bonchev–Trinajstić information content (AvgIpc) is 2.64. The van der Waals surface area contributed by atoms with E-state index in [4.69, 9.17) is 2.51 Å². The molecule has 0 saturated heterocycles. The van der Waals surface area contributed by atoms with Gasteiger partial charge in [-0.15, -0.1) is 0 Å². The zero-order chi connectivity index (χ0) is 12.8. The molecule has 1 aliphatic rings. The van der Waals surface area contributed by atoms with Crippen LogP contribution in [0.4, 0.5) is 0 Å². The second-order valence-electron chi connectivity index (χ2n) is 3.98. The van der Waals surface area contributed by atoms with Crippen LogP contribution < -0.4 is 0 Å². The zero-order valence-electron chi connectivity index (χ0n) is 9.63. The molecule has 0 bridgehead atoms. The fourth-order valence-electron chi connectivity index (χ4n) is 1.95. The molecule has 0 spiro atoms. The van der Waals surface area contributed by atoms with E-state index in [2.05, 4.69) is 0 Å². The van der Waals surface area contributed by atoms with E-state index >= 15 is 0 Å². The molecule has 0 fully saturated rings. The summed E-state index contributed by atoms with van der Waals surface area (Å²) in [5, 5.41) is 0. The van der Waals surface area contributed by atoms with E-state index in [-0.39, 0.29) is 0 Å². The molecule has 0 unspecified atom stereocenters. The van der Waals surface area contributed by atoms with Gasteiger partial charge in [-0.05, 0) is 0 Å². The van der Waals surface area contributed by atoms with E-state index in [9.17, 15) is 8.42 Å². The van der Waals surface area contributed by atoms with Crippen molar-refractivity contribution in [2.75, 3.05) is 6.26 Å². The Morgan fingerprint density at radius 3 is 1.78 bits per heavy atom. The molecule has 5 heteroatoms. The number of rotatable bonds is 2. The predicted octanol–water partition coefficient (Wildman–Crippen LogP) is 3.10. The molecule has 94 valence electrons. The van der Waals surface area contributed by atoms with Crippen LogP contribution in [0.1, 0.15) is 0 Å². The molecule has 1 aliphatic heterocycles. The SMILES string of the molecule is CS(=O)(=O)OI1c2ccccc2-c2ccccc21. The van der Waals surface area contributed by atoms with Crippen molar-refractivity contribution in [1.29, 1.82) is 0 Å². The second-order valence-corrected chi connectivity index (χ2v) is 10.3. The Labute approximate surface area is 114 Å². The van der Waals surface area contributed by atoms with Gasteiger partial charge in [0, 0.05) is 0 Å². The Hall–Kier alpha value is -0.920. The minimum atomic E-state index is -3.42. The summed E-state index contributed by atoms with van der Waals surface area (Å²) in [6, 6.07) is 15.8. The molecule has 3 rings (SSSR count). The van der Waals surface area contributed by atoms with Crippen molar-refractivity contribution in [2.24, 2.45) is 0 Å². The van der Waals surface area contributed by atoms with Crippen molar-refractivity contribution >= 4 is 30.4 Å². The first-order valence-electron chi connectivity index (χ1n) is 5.35. The van der Waals surface area contributed by atoms with Gasteiger partial charge in [0.2, 0.25) is 0 Å². The van der Waals surface area contributed by atoms with Gasteiger partial charge in [0.1, 0.15) is 0 Å². The summed E-state index contributed by atoms with van der Waals surface area (Å²) in [6.45, 7) is 0. The third-order valence-electron chi connectivity index (χ3n) is 2.59. The van der Waals surface area contributed by atoms with Gasteiger partial charge in [-0.3, -0.25) is 0 Å². The molecule has 2 aromatic carbocycles. The van der Waals surface area contributed by atoms with Crippen LogP contribution in [0.5, 0.6) is 0 Å². The van der Waals surface area contributed by atoms with Crippen molar-refractivity contribution in [3.8, 4) is 11.1 Å². The molecule has 0 N–H and O–H groups in total. The summed E-state index contributed by atoms with van der Waals surface area (Å²) in [6.07, 6.45) is 1.12. The topological polar surface area (TPSA) is 43.4 Å². The van der Waals surface area contributed by atoms with Crippen LogP contribution in [0.3, 0.4) is 0 Å². The van der Waals surface area contributed by atoms with E-state index in [1.54, 1.807) is 0 Å². The second kappa shape index (κ2) is 4.32. The van der Waals surface area contributed by atoms with Crippen molar-refractivity contribution in [2.45, 2.75) is 0 Å². The molecule has 1 heterocycles. The average molecular weight is 374 g/mol. The molecular weight excluding hydrogens is 363 g/mol. The molecule has 2 aromatic rings. The number of benzene rings is 2. The van der Waals surface area contributed by atoms with Crippen LogP contribution in [0.15, 0.2) is 48.5 Å². The summed E-state index contributed by atoms with van der Waals surface area (Å²) in [5.74, 6) is 0. The Morgan fingerprint density at radius 2 is 1.33 bits per heavy atom.